The summed E-state index contributed by atoms with van der Waals surface area (Å²) in [5.41, 5.74) is 7.56. The number of benzene rings is 2. The van der Waals surface area contributed by atoms with Crippen molar-refractivity contribution in [1.82, 2.24) is 4.98 Å². The number of rotatable bonds is 11. The zero-order chi connectivity index (χ0) is 26.8. The number of hydrogen-bond acceptors (Lipinski definition) is 8. The summed E-state index contributed by atoms with van der Waals surface area (Å²) in [6.45, 7) is 0.396. The van der Waals surface area contributed by atoms with Gasteiger partial charge in [-0.1, -0.05) is 23.7 Å². The van der Waals surface area contributed by atoms with Gasteiger partial charge in [-0.05, 0) is 59.8 Å². The summed E-state index contributed by atoms with van der Waals surface area (Å²) in [5.74, 6) is 0.179. The molecular formula is C25H26ClN5O5S. The van der Waals surface area contributed by atoms with E-state index in [1.807, 2.05) is 24.3 Å². The van der Waals surface area contributed by atoms with Gasteiger partial charge in [0.15, 0.2) is 4.90 Å². The lowest BCUT2D eigenvalue weighted by atomic mass is 10.2. The van der Waals surface area contributed by atoms with Gasteiger partial charge in [0.1, 0.15) is 5.75 Å². The van der Waals surface area contributed by atoms with Crippen molar-refractivity contribution in [1.29, 1.82) is 0 Å². The minimum absolute atomic E-state index is 0.0836. The second-order valence-electron chi connectivity index (χ2n) is 7.63. The van der Waals surface area contributed by atoms with Crippen LogP contribution in [0.25, 0.3) is 0 Å². The average Bonchev–Trinajstić information content (AvgIpc) is 2.89. The highest BCUT2D eigenvalue weighted by Crippen LogP contribution is 2.27. The lowest BCUT2D eigenvalue weighted by Crippen LogP contribution is -2.17. The van der Waals surface area contributed by atoms with Crippen LogP contribution in [0.4, 0.5) is 11.4 Å². The third kappa shape index (κ3) is 7.95. The van der Waals surface area contributed by atoms with Gasteiger partial charge < -0.3 is 20.5 Å². The molecule has 0 aliphatic rings. The number of nitrogens with one attached hydrogen (secondary N) is 2. The maximum absolute atomic E-state index is 13.0. The molecule has 4 N–H and O–H groups in total. The second kappa shape index (κ2) is 12.7. The van der Waals surface area contributed by atoms with E-state index < -0.39 is 15.9 Å². The molecule has 37 heavy (non-hydrogen) atoms. The first-order chi connectivity index (χ1) is 17.7. The summed E-state index contributed by atoms with van der Waals surface area (Å²) in [7, 11) is -1.20. The Hall–Kier alpha value is -4.09. The summed E-state index contributed by atoms with van der Waals surface area (Å²) < 4.78 is 38.6. The Labute approximate surface area is 220 Å². The Kier molecular flexibility index (Phi) is 9.47. The van der Waals surface area contributed by atoms with Crippen molar-refractivity contribution in [3.8, 4) is 11.6 Å². The molecule has 10 nitrogen and oxygen atoms in total. The fourth-order valence-electron chi connectivity index (χ4n) is 3.11. The smallest absolute Gasteiger partial charge is 0.267 e. The van der Waals surface area contributed by atoms with Gasteiger partial charge in [0, 0.05) is 16.9 Å². The van der Waals surface area contributed by atoms with Crippen LogP contribution in [0.5, 0.6) is 11.6 Å². The van der Waals surface area contributed by atoms with E-state index in [0.29, 0.717) is 22.8 Å². The van der Waals surface area contributed by atoms with Crippen molar-refractivity contribution in [3.05, 3.63) is 83.2 Å². The van der Waals surface area contributed by atoms with Crippen molar-refractivity contribution in [2.75, 3.05) is 24.3 Å². The number of anilines is 2. The van der Waals surface area contributed by atoms with Crippen LogP contribution in [0.2, 0.25) is 5.02 Å². The Bertz CT molecular complexity index is 1390. The SMILES string of the molecule is COc1ccc(CN=CC(=CN)CC(=O)Nc2cnc(OC)c(S(=O)(=O)Nc3ccc(Cl)cc3)c2)cc1. The highest BCUT2D eigenvalue weighted by atomic mass is 35.5. The first kappa shape index (κ1) is 27.5. The fourth-order valence-corrected chi connectivity index (χ4v) is 4.44. The van der Waals surface area contributed by atoms with E-state index in [0.717, 1.165) is 11.3 Å². The van der Waals surface area contributed by atoms with Crippen molar-refractivity contribution in [3.63, 3.8) is 0 Å². The molecule has 0 radical (unpaired) electrons. The van der Waals surface area contributed by atoms with Crippen LogP contribution in [0.1, 0.15) is 12.0 Å². The molecule has 0 bridgehead atoms. The minimum Gasteiger partial charge on any atom is -0.497 e. The molecule has 0 spiro atoms. The number of hydrogen-bond donors (Lipinski definition) is 3. The summed E-state index contributed by atoms with van der Waals surface area (Å²) in [6, 6.07) is 14.8. The van der Waals surface area contributed by atoms with Crippen LogP contribution < -0.4 is 25.2 Å². The quantitative estimate of drug-likeness (QED) is 0.310. The Morgan fingerprint density at radius 2 is 1.78 bits per heavy atom. The fraction of sp³-hybridized carbons (Fsp3) is 0.160. The molecule has 3 aromatic rings. The van der Waals surface area contributed by atoms with E-state index in [-0.39, 0.29) is 22.9 Å². The zero-order valence-electron chi connectivity index (χ0n) is 20.1. The van der Waals surface area contributed by atoms with E-state index in [1.165, 1.54) is 43.9 Å². The van der Waals surface area contributed by atoms with Gasteiger partial charge in [0.25, 0.3) is 10.0 Å². The first-order valence-corrected chi connectivity index (χ1v) is 12.8. The Morgan fingerprint density at radius 1 is 1.08 bits per heavy atom. The largest absolute Gasteiger partial charge is 0.497 e. The molecule has 0 atom stereocenters. The number of aromatic nitrogens is 1. The van der Waals surface area contributed by atoms with Gasteiger partial charge in [-0.3, -0.25) is 14.5 Å². The van der Waals surface area contributed by atoms with Crippen molar-refractivity contribution >= 4 is 45.1 Å². The second-order valence-corrected chi connectivity index (χ2v) is 9.72. The lowest BCUT2D eigenvalue weighted by molar-refractivity contribution is -0.115. The van der Waals surface area contributed by atoms with Gasteiger partial charge in [-0.25, -0.2) is 13.4 Å². The standard InChI is InChI=1S/C25H26ClN5O5S/c1-35-22-9-3-17(4-10-22)14-28-15-18(13-27)11-24(32)30-21-12-23(25(36-2)29-16-21)37(33,34)31-20-7-5-19(26)6-8-20/h3-10,12-13,15-16,31H,11,14,27H2,1-2H3,(H,30,32). The van der Waals surface area contributed by atoms with Gasteiger partial charge >= 0.3 is 0 Å². The van der Waals surface area contributed by atoms with Crippen LogP contribution in [-0.2, 0) is 21.4 Å². The van der Waals surface area contributed by atoms with E-state index in [9.17, 15) is 13.2 Å². The van der Waals surface area contributed by atoms with Gasteiger partial charge in [-0.2, -0.15) is 0 Å². The molecule has 12 heteroatoms. The van der Waals surface area contributed by atoms with Crippen LogP contribution in [0, 0.1) is 0 Å². The van der Waals surface area contributed by atoms with Crippen molar-refractivity contribution in [2.24, 2.45) is 10.7 Å². The molecule has 3 rings (SSSR count). The minimum atomic E-state index is -4.09. The summed E-state index contributed by atoms with van der Waals surface area (Å²) in [6.07, 6.45) is 4.01. The average molecular weight is 544 g/mol. The number of pyridine rings is 1. The van der Waals surface area contributed by atoms with Gasteiger partial charge in [0.05, 0.1) is 39.1 Å². The number of nitrogens with zero attached hydrogens (tertiary/aromatic N) is 2. The monoisotopic (exact) mass is 543 g/mol. The highest BCUT2D eigenvalue weighted by molar-refractivity contribution is 7.92. The first-order valence-electron chi connectivity index (χ1n) is 10.9. The Morgan fingerprint density at radius 3 is 2.41 bits per heavy atom. The topological polar surface area (TPSA) is 145 Å². The maximum Gasteiger partial charge on any atom is 0.267 e. The predicted octanol–water partition coefficient (Wildman–Crippen LogP) is 4.00. The summed E-state index contributed by atoms with van der Waals surface area (Å²) in [4.78, 5) is 20.7. The molecule has 1 amide bonds. The molecule has 0 saturated carbocycles. The molecule has 2 aromatic carbocycles. The third-order valence-electron chi connectivity index (χ3n) is 4.95. The number of amides is 1. The highest BCUT2D eigenvalue weighted by Gasteiger charge is 2.22. The van der Waals surface area contributed by atoms with Crippen LogP contribution in [-0.4, -0.2) is 39.7 Å². The molecule has 0 aliphatic heterocycles. The van der Waals surface area contributed by atoms with E-state index in [2.05, 4.69) is 20.0 Å². The summed E-state index contributed by atoms with van der Waals surface area (Å²) >= 11 is 5.86. The van der Waals surface area contributed by atoms with E-state index in [1.54, 1.807) is 19.2 Å². The third-order valence-corrected chi connectivity index (χ3v) is 6.58. The normalized spacial score (nSPS) is 11.8. The number of halogens is 1. The molecule has 194 valence electrons. The number of sulfonamides is 1. The number of aliphatic imine (C=N–C) groups is 1. The molecule has 0 fully saturated rings. The summed E-state index contributed by atoms with van der Waals surface area (Å²) in [5, 5.41) is 3.09. The predicted molar refractivity (Wildman–Crippen MR) is 144 cm³/mol. The number of ether oxygens (including phenoxy) is 2. The molecule has 0 unspecified atom stereocenters. The van der Waals surface area contributed by atoms with Crippen molar-refractivity contribution < 1.29 is 22.7 Å². The lowest BCUT2D eigenvalue weighted by Gasteiger charge is -2.13. The number of nitrogens with two attached hydrogens (primary N) is 1. The maximum atomic E-state index is 13.0. The Balaban J connectivity index is 1.67. The molecule has 0 saturated heterocycles. The zero-order valence-corrected chi connectivity index (χ0v) is 21.7. The van der Waals surface area contributed by atoms with Crippen LogP contribution in [0.3, 0.4) is 0 Å². The van der Waals surface area contributed by atoms with Crippen LogP contribution >= 0.6 is 11.6 Å². The van der Waals surface area contributed by atoms with E-state index in [4.69, 9.17) is 26.8 Å². The molecular weight excluding hydrogens is 518 g/mol. The van der Waals surface area contributed by atoms with E-state index >= 15 is 0 Å². The molecule has 1 heterocycles. The number of methoxy groups -OCH3 is 2. The van der Waals surface area contributed by atoms with Crippen molar-refractivity contribution in [2.45, 2.75) is 17.9 Å². The van der Waals surface area contributed by atoms with Crippen LogP contribution in [0.15, 0.2) is 82.5 Å². The molecule has 0 aliphatic carbocycles. The van der Waals surface area contributed by atoms with Gasteiger partial charge in [0.2, 0.25) is 11.8 Å². The number of carbonyl (C=O) groups excluding carboxylic acids is 1. The van der Waals surface area contributed by atoms with Gasteiger partial charge in [-0.15, -0.1) is 0 Å². The molecule has 1 aromatic heterocycles. The number of carbonyl (C=O) groups is 1.